The predicted molar refractivity (Wildman–Crippen MR) is 91.4 cm³/mol. The van der Waals surface area contributed by atoms with Gasteiger partial charge >= 0.3 is 0 Å². The van der Waals surface area contributed by atoms with E-state index in [2.05, 4.69) is 5.32 Å². The van der Waals surface area contributed by atoms with Crippen LogP contribution in [0.15, 0.2) is 24.3 Å². The smallest absolute Gasteiger partial charge is 0.221 e. The minimum atomic E-state index is -3.12. The standard InChI is InChI=1S/C16H26N2O4S/c1-5-22-14-8-6-13(7-9-14)15(18(2)3)12-17-16(19)10-11-23(4,20)21/h6-9,15H,5,10-12H2,1-4H3,(H,17,19). The summed E-state index contributed by atoms with van der Waals surface area (Å²) < 4.78 is 27.6. The molecule has 23 heavy (non-hydrogen) atoms. The van der Waals surface area contributed by atoms with Crippen molar-refractivity contribution < 1.29 is 17.9 Å². The van der Waals surface area contributed by atoms with Crippen LogP contribution >= 0.6 is 0 Å². The predicted octanol–water partition coefficient (Wildman–Crippen LogP) is 1.24. The molecule has 0 aliphatic heterocycles. The van der Waals surface area contributed by atoms with Crippen molar-refractivity contribution >= 4 is 15.7 Å². The largest absolute Gasteiger partial charge is 0.494 e. The number of likely N-dealkylation sites (N-methyl/N-ethyl adjacent to an activating group) is 1. The molecule has 1 rings (SSSR count). The summed E-state index contributed by atoms with van der Waals surface area (Å²) in [6, 6.07) is 7.76. The molecular formula is C16H26N2O4S. The summed E-state index contributed by atoms with van der Waals surface area (Å²) in [4.78, 5) is 13.8. The number of carbonyl (C=O) groups excluding carboxylic acids is 1. The van der Waals surface area contributed by atoms with Gasteiger partial charge in [-0.15, -0.1) is 0 Å². The second kappa shape index (κ2) is 8.88. The summed E-state index contributed by atoms with van der Waals surface area (Å²) in [5.74, 6) is 0.424. The number of rotatable bonds is 9. The van der Waals surface area contributed by atoms with Crippen LogP contribution in [0.1, 0.15) is 24.9 Å². The van der Waals surface area contributed by atoms with E-state index in [-0.39, 0.29) is 24.1 Å². The van der Waals surface area contributed by atoms with Gasteiger partial charge in [0.15, 0.2) is 0 Å². The van der Waals surface area contributed by atoms with E-state index in [0.717, 1.165) is 17.6 Å². The first-order valence-electron chi connectivity index (χ1n) is 7.56. The SMILES string of the molecule is CCOc1ccc(C(CNC(=O)CCS(C)(=O)=O)N(C)C)cc1. The van der Waals surface area contributed by atoms with Crippen LogP contribution in [0.4, 0.5) is 0 Å². The molecule has 130 valence electrons. The van der Waals surface area contributed by atoms with Crippen LogP contribution in [0.25, 0.3) is 0 Å². The highest BCUT2D eigenvalue weighted by Gasteiger charge is 2.16. The van der Waals surface area contributed by atoms with Gasteiger partial charge in [0.1, 0.15) is 15.6 Å². The Morgan fingerprint density at radius 3 is 2.35 bits per heavy atom. The Bertz CT molecular complexity index is 597. The first-order chi connectivity index (χ1) is 10.7. The average molecular weight is 342 g/mol. The highest BCUT2D eigenvalue weighted by molar-refractivity contribution is 7.90. The molecule has 1 aromatic rings. The lowest BCUT2D eigenvalue weighted by molar-refractivity contribution is -0.120. The molecule has 0 aliphatic rings. The number of nitrogens with zero attached hydrogens (tertiary/aromatic N) is 1. The highest BCUT2D eigenvalue weighted by Crippen LogP contribution is 2.21. The van der Waals surface area contributed by atoms with Crippen molar-refractivity contribution in [2.24, 2.45) is 0 Å². The van der Waals surface area contributed by atoms with Crippen LogP contribution in [-0.2, 0) is 14.6 Å². The van der Waals surface area contributed by atoms with Crippen LogP contribution in [0, 0.1) is 0 Å². The number of benzene rings is 1. The number of amides is 1. The summed E-state index contributed by atoms with van der Waals surface area (Å²) >= 11 is 0. The maximum absolute atomic E-state index is 11.8. The van der Waals surface area contributed by atoms with Gasteiger partial charge in [0, 0.05) is 19.2 Å². The molecule has 7 heteroatoms. The fraction of sp³-hybridized carbons (Fsp3) is 0.562. The molecule has 1 unspecified atom stereocenters. The second-order valence-corrected chi connectivity index (χ2v) is 7.93. The molecule has 0 spiro atoms. The summed E-state index contributed by atoms with van der Waals surface area (Å²) in [6.45, 7) is 2.97. The fourth-order valence-electron chi connectivity index (χ4n) is 2.13. The molecule has 1 N–H and O–H groups in total. The molecule has 0 saturated carbocycles. The van der Waals surface area contributed by atoms with Crippen molar-refractivity contribution in [2.45, 2.75) is 19.4 Å². The maximum atomic E-state index is 11.8. The van der Waals surface area contributed by atoms with E-state index in [9.17, 15) is 13.2 Å². The molecule has 1 aromatic carbocycles. The van der Waals surface area contributed by atoms with Crippen molar-refractivity contribution in [1.82, 2.24) is 10.2 Å². The monoisotopic (exact) mass is 342 g/mol. The Morgan fingerprint density at radius 2 is 1.87 bits per heavy atom. The quantitative estimate of drug-likeness (QED) is 0.731. The molecule has 0 bridgehead atoms. The van der Waals surface area contributed by atoms with Gasteiger partial charge in [-0.3, -0.25) is 4.79 Å². The number of hydrogen-bond acceptors (Lipinski definition) is 5. The number of ether oxygens (including phenoxy) is 1. The molecule has 0 aromatic heterocycles. The fourth-order valence-corrected chi connectivity index (χ4v) is 2.68. The lowest BCUT2D eigenvalue weighted by Crippen LogP contribution is -2.35. The van der Waals surface area contributed by atoms with E-state index in [0.29, 0.717) is 13.2 Å². The lowest BCUT2D eigenvalue weighted by atomic mass is 10.1. The Labute approximate surface area is 138 Å². The molecule has 1 atom stereocenters. The number of hydrogen-bond donors (Lipinski definition) is 1. The van der Waals surface area contributed by atoms with E-state index >= 15 is 0 Å². The molecular weight excluding hydrogens is 316 g/mol. The Morgan fingerprint density at radius 1 is 1.26 bits per heavy atom. The van der Waals surface area contributed by atoms with Crippen LogP contribution in [0.5, 0.6) is 5.75 Å². The van der Waals surface area contributed by atoms with Crippen LogP contribution < -0.4 is 10.1 Å². The van der Waals surface area contributed by atoms with Gasteiger partial charge in [-0.2, -0.15) is 0 Å². The first kappa shape index (κ1) is 19.4. The van der Waals surface area contributed by atoms with E-state index in [4.69, 9.17) is 4.74 Å². The van der Waals surface area contributed by atoms with Crippen molar-refractivity contribution in [3.8, 4) is 5.75 Å². The number of nitrogens with one attached hydrogen (secondary N) is 1. The molecule has 0 fully saturated rings. The van der Waals surface area contributed by atoms with Gasteiger partial charge in [0.05, 0.1) is 18.4 Å². The van der Waals surface area contributed by atoms with E-state index in [1.54, 1.807) is 0 Å². The van der Waals surface area contributed by atoms with Gasteiger partial charge < -0.3 is 15.0 Å². The molecule has 0 aliphatic carbocycles. The van der Waals surface area contributed by atoms with E-state index in [1.807, 2.05) is 50.2 Å². The topological polar surface area (TPSA) is 75.7 Å². The minimum absolute atomic E-state index is 0.00728. The van der Waals surface area contributed by atoms with Gasteiger partial charge in [-0.05, 0) is 38.7 Å². The third-order valence-electron chi connectivity index (χ3n) is 3.39. The van der Waals surface area contributed by atoms with Gasteiger partial charge in [-0.25, -0.2) is 8.42 Å². The number of carbonyl (C=O) groups is 1. The lowest BCUT2D eigenvalue weighted by Gasteiger charge is -2.25. The third kappa shape index (κ3) is 7.47. The summed E-state index contributed by atoms with van der Waals surface area (Å²) in [5.41, 5.74) is 1.06. The van der Waals surface area contributed by atoms with Crippen molar-refractivity contribution in [3.63, 3.8) is 0 Å². The second-order valence-electron chi connectivity index (χ2n) is 5.67. The van der Waals surface area contributed by atoms with Crippen LogP contribution in [-0.4, -0.2) is 58.5 Å². The number of sulfone groups is 1. The summed E-state index contributed by atoms with van der Waals surface area (Å²) in [7, 11) is 0.747. The third-order valence-corrected chi connectivity index (χ3v) is 4.34. The normalized spacial score (nSPS) is 12.9. The molecule has 6 nitrogen and oxygen atoms in total. The zero-order chi connectivity index (χ0) is 17.5. The Hall–Kier alpha value is -1.60. The van der Waals surface area contributed by atoms with Crippen LogP contribution in [0.3, 0.4) is 0 Å². The average Bonchev–Trinajstić information content (AvgIpc) is 2.46. The molecule has 0 heterocycles. The first-order valence-corrected chi connectivity index (χ1v) is 9.62. The zero-order valence-electron chi connectivity index (χ0n) is 14.2. The van der Waals surface area contributed by atoms with E-state index in [1.165, 1.54) is 0 Å². The van der Waals surface area contributed by atoms with Gasteiger partial charge in [-0.1, -0.05) is 12.1 Å². The Kier molecular flexibility index (Phi) is 7.51. The van der Waals surface area contributed by atoms with Crippen molar-refractivity contribution in [2.75, 3.05) is 39.3 Å². The van der Waals surface area contributed by atoms with Gasteiger partial charge in [0.25, 0.3) is 0 Å². The molecule has 1 amide bonds. The van der Waals surface area contributed by atoms with Crippen LogP contribution in [0.2, 0.25) is 0 Å². The maximum Gasteiger partial charge on any atom is 0.221 e. The molecule has 0 radical (unpaired) electrons. The van der Waals surface area contributed by atoms with Gasteiger partial charge in [0.2, 0.25) is 5.91 Å². The van der Waals surface area contributed by atoms with E-state index < -0.39 is 9.84 Å². The Balaban J connectivity index is 2.63. The highest BCUT2D eigenvalue weighted by atomic mass is 32.2. The molecule has 0 saturated heterocycles. The van der Waals surface area contributed by atoms with Crippen molar-refractivity contribution in [1.29, 1.82) is 0 Å². The van der Waals surface area contributed by atoms with Crippen molar-refractivity contribution in [3.05, 3.63) is 29.8 Å². The summed E-state index contributed by atoms with van der Waals surface area (Å²) in [6.07, 6.45) is 1.12. The minimum Gasteiger partial charge on any atom is -0.494 e. The summed E-state index contributed by atoms with van der Waals surface area (Å²) in [5, 5.41) is 2.80. The zero-order valence-corrected chi connectivity index (χ0v) is 15.0.